The van der Waals surface area contributed by atoms with Crippen LogP contribution in [-0.4, -0.2) is 38.5 Å². The van der Waals surface area contributed by atoms with Gasteiger partial charge in [-0.1, -0.05) is 12.1 Å². The molecule has 0 aliphatic carbocycles. The summed E-state index contributed by atoms with van der Waals surface area (Å²) in [7, 11) is -4.57. The van der Waals surface area contributed by atoms with Gasteiger partial charge >= 0.3 is 6.18 Å². The molecule has 0 radical (unpaired) electrons. The van der Waals surface area contributed by atoms with Crippen molar-refractivity contribution in [1.29, 1.82) is 0 Å². The molecule has 1 aromatic rings. The summed E-state index contributed by atoms with van der Waals surface area (Å²) in [5, 5.41) is 0. The second kappa shape index (κ2) is 5.85. The van der Waals surface area contributed by atoms with Gasteiger partial charge in [-0.25, -0.2) is 12.8 Å². The van der Waals surface area contributed by atoms with Crippen LogP contribution in [0.5, 0.6) is 0 Å². The molecule has 1 aromatic carbocycles. The summed E-state index contributed by atoms with van der Waals surface area (Å²) in [5.74, 6) is -1.10. The van der Waals surface area contributed by atoms with Crippen LogP contribution in [0.3, 0.4) is 0 Å². The summed E-state index contributed by atoms with van der Waals surface area (Å²) in [5.41, 5.74) is 5.09. The molecule has 0 spiro atoms. The molecule has 0 atom stereocenters. The number of sulfonamides is 1. The molecule has 2 N–H and O–H groups in total. The van der Waals surface area contributed by atoms with Gasteiger partial charge in [0.2, 0.25) is 10.0 Å². The maximum absolute atomic E-state index is 13.4. The SMILES string of the molecule is NCCN(CC(F)(F)F)S(=O)(=O)c1ccccc1F. The number of alkyl halides is 3. The number of hydrogen-bond donors (Lipinski definition) is 1. The fourth-order valence-corrected chi connectivity index (χ4v) is 2.93. The molecule has 0 heterocycles. The van der Waals surface area contributed by atoms with Crippen molar-refractivity contribution in [3.63, 3.8) is 0 Å². The summed E-state index contributed by atoms with van der Waals surface area (Å²) < 4.78 is 74.4. The van der Waals surface area contributed by atoms with Gasteiger partial charge in [0.05, 0.1) is 0 Å². The van der Waals surface area contributed by atoms with E-state index in [1.807, 2.05) is 0 Å². The molecular formula is C10H12F4N2O2S. The summed E-state index contributed by atoms with van der Waals surface area (Å²) in [6.07, 6.45) is -4.73. The number of rotatable bonds is 5. The van der Waals surface area contributed by atoms with Gasteiger partial charge in [0, 0.05) is 13.1 Å². The predicted molar refractivity (Wildman–Crippen MR) is 60.3 cm³/mol. The van der Waals surface area contributed by atoms with Crippen LogP contribution in [0.25, 0.3) is 0 Å². The first-order chi connectivity index (χ1) is 8.68. The van der Waals surface area contributed by atoms with Crippen LogP contribution in [0, 0.1) is 5.82 Å². The Morgan fingerprint density at radius 1 is 1.21 bits per heavy atom. The van der Waals surface area contributed by atoms with E-state index in [1.165, 1.54) is 12.1 Å². The number of hydrogen-bond acceptors (Lipinski definition) is 3. The molecule has 9 heteroatoms. The third-order valence-electron chi connectivity index (χ3n) is 2.19. The van der Waals surface area contributed by atoms with E-state index in [4.69, 9.17) is 5.73 Å². The first kappa shape index (κ1) is 15.9. The average molecular weight is 300 g/mol. The molecule has 0 amide bonds. The molecular weight excluding hydrogens is 288 g/mol. The van der Waals surface area contributed by atoms with Gasteiger partial charge in [-0.05, 0) is 12.1 Å². The minimum absolute atomic E-state index is 0.116. The average Bonchev–Trinajstić information content (AvgIpc) is 2.27. The molecule has 0 bridgehead atoms. The fourth-order valence-electron chi connectivity index (χ4n) is 1.42. The lowest BCUT2D eigenvalue weighted by atomic mass is 10.4. The van der Waals surface area contributed by atoms with Gasteiger partial charge in [0.25, 0.3) is 0 Å². The fraction of sp³-hybridized carbons (Fsp3) is 0.400. The molecule has 0 saturated heterocycles. The van der Waals surface area contributed by atoms with Crippen molar-refractivity contribution >= 4 is 10.0 Å². The molecule has 0 unspecified atom stereocenters. The van der Waals surface area contributed by atoms with Crippen molar-refractivity contribution in [2.24, 2.45) is 5.73 Å². The maximum atomic E-state index is 13.4. The lowest BCUT2D eigenvalue weighted by Crippen LogP contribution is -2.41. The highest BCUT2D eigenvalue weighted by Gasteiger charge is 2.37. The quantitative estimate of drug-likeness (QED) is 0.835. The Kier molecular flexibility index (Phi) is 4.88. The Bertz CT molecular complexity index is 531. The Balaban J connectivity index is 3.17. The molecule has 0 saturated carbocycles. The van der Waals surface area contributed by atoms with Gasteiger partial charge in [-0.15, -0.1) is 0 Å². The van der Waals surface area contributed by atoms with Crippen molar-refractivity contribution in [3.8, 4) is 0 Å². The van der Waals surface area contributed by atoms with Crippen LogP contribution in [0.15, 0.2) is 29.2 Å². The lowest BCUT2D eigenvalue weighted by molar-refractivity contribution is -0.136. The topological polar surface area (TPSA) is 63.4 Å². The molecule has 0 aliphatic heterocycles. The standard InChI is InChI=1S/C10H12F4N2O2S/c11-8-3-1-2-4-9(8)19(17,18)16(6-5-15)7-10(12,13)14/h1-4H,5-7,15H2. The van der Waals surface area contributed by atoms with Gasteiger partial charge in [0.15, 0.2) is 0 Å². The lowest BCUT2D eigenvalue weighted by Gasteiger charge is -2.22. The third-order valence-corrected chi connectivity index (χ3v) is 4.07. The monoisotopic (exact) mass is 300 g/mol. The highest BCUT2D eigenvalue weighted by molar-refractivity contribution is 7.89. The molecule has 19 heavy (non-hydrogen) atoms. The maximum Gasteiger partial charge on any atom is 0.402 e. The van der Waals surface area contributed by atoms with E-state index >= 15 is 0 Å². The minimum Gasteiger partial charge on any atom is -0.329 e. The Morgan fingerprint density at radius 3 is 2.26 bits per heavy atom. The first-order valence-electron chi connectivity index (χ1n) is 5.20. The van der Waals surface area contributed by atoms with Gasteiger partial charge in [-0.2, -0.15) is 17.5 Å². The highest BCUT2D eigenvalue weighted by atomic mass is 32.2. The zero-order valence-electron chi connectivity index (χ0n) is 9.69. The highest BCUT2D eigenvalue weighted by Crippen LogP contribution is 2.23. The number of halogens is 4. The second-order valence-corrected chi connectivity index (χ2v) is 5.58. The first-order valence-corrected chi connectivity index (χ1v) is 6.64. The van der Waals surface area contributed by atoms with Crippen molar-refractivity contribution in [2.45, 2.75) is 11.1 Å². The Hall–Kier alpha value is -1.19. The number of benzene rings is 1. The van der Waals surface area contributed by atoms with Crippen LogP contribution in [0.2, 0.25) is 0 Å². The third kappa shape index (κ3) is 4.15. The van der Waals surface area contributed by atoms with Crippen LogP contribution in [0.4, 0.5) is 17.6 Å². The molecule has 0 aliphatic rings. The Morgan fingerprint density at radius 2 is 1.79 bits per heavy atom. The van der Waals surface area contributed by atoms with E-state index in [0.717, 1.165) is 12.1 Å². The predicted octanol–water partition coefficient (Wildman–Crippen LogP) is 1.34. The van der Waals surface area contributed by atoms with E-state index in [2.05, 4.69) is 0 Å². The normalized spacial score (nSPS) is 12.9. The van der Waals surface area contributed by atoms with E-state index in [1.54, 1.807) is 0 Å². The second-order valence-electron chi connectivity index (χ2n) is 3.67. The van der Waals surface area contributed by atoms with Gasteiger partial charge < -0.3 is 5.73 Å². The van der Waals surface area contributed by atoms with Crippen LogP contribution >= 0.6 is 0 Å². The van der Waals surface area contributed by atoms with Crippen LogP contribution < -0.4 is 5.73 Å². The summed E-state index contributed by atoms with van der Waals surface area (Å²) >= 11 is 0. The van der Waals surface area contributed by atoms with Crippen molar-refractivity contribution in [2.75, 3.05) is 19.6 Å². The van der Waals surface area contributed by atoms with Gasteiger partial charge in [0.1, 0.15) is 17.3 Å². The molecule has 0 fully saturated rings. The zero-order valence-corrected chi connectivity index (χ0v) is 10.5. The summed E-state index contributed by atoms with van der Waals surface area (Å²) in [6.45, 7) is -2.55. The summed E-state index contributed by atoms with van der Waals surface area (Å²) in [6, 6.07) is 4.24. The van der Waals surface area contributed by atoms with Crippen LogP contribution in [0.1, 0.15) is 0 Å². The Labute approximate surface area is 107 Å². The van der Waals surface area contributed by atoms with E-state index in [9.17, 15) is 26.0 Å². The summed E-state index contributed by atoms with van der Waals surface area (Å²) in [4.78, 5) is -0.798. The zero-order chi connectivity index (χ0) is 14.7. The van der Waals surface area contributed by atoms with E-state index in [0.29, 0.717) is 0 Å². The number of nitrogens with zero attached hydrogens (tertiary/aromatic N) is 1. The molecule has 1 rings (SSSR count). The molecule has 0 aromatic heterocycles. The van der Waals surface area contributed by atoms with Crippen molar-refractivity contribution < 1.29 is 26.0 Å². The van der Waals surface area contributed by atoms with E-state index < -0.39 is 40.0 Å². The molecule has 108 valence electrons. The van der Waals surface area contributed by atoms with E-state index in [-0.39, 0.29) is 10.8 Å². The van der Waals surface area contributed by atoms with Crippen molar-refractivity contribution in [1.82, 2.24) is 4.31 Å². The van der Waals surface area contributed by atoms with Gasteiger partial charge in [-0.3, -0.25) is 0 Å². The number of nitrogens with two attached hydrogens (primary N) is 1. The minimum atomic E-state index is -4.73. The van der Waals surface area contributed by atoms with Crippen LogP contribution in [-0.2, 0) is 10.0 Å². The molecule has 4 nitrogen and oxygen atoms in total. The van der Waals surface area contributed by atoms with Crippen molar-refractivity contribution in [3.05, 3.63) is 30.1 Å². The smallest absolute Gasteiger partial charge is 0.329 e. The largest absolute Gasteiger partial charge is 0.402 e.